The van der Waals surface area contributed by atoms with Crippen molar-refractivity contribution in [1.82, 2.24) is 10.2 Å². The third-order valence-corrected chi connectivity index (χ3v) is 3.86. The van der Waals surface area contributed by atoms with Gasteiger partial charge in [0, 0.05) is 45.5 Å². The predicted molar refractivity (Wildman–Crippen MR) is 78.4 cm³/mol. The number of aryl methyl sites for hydroxylation is 1. The Morgan fingerprint density at radius 3 is 2.61 bits per heavy atom. The van der Waals surface area contributed by atoms with Crippen molar-refractivity contribution in [3.63, 3.8) is 0 Å². The second-order valence-corrected chi connectivity index (χ2v) is 5.44. The van der Waals surface area contributed by atoms with E-state index in [1.165, 1.54) is 30.6 Å². The van der Waals surface area contributed by atoms with Gasteiger partial charge in [-0.1, -0.05) is 12.1 Å². The highest BCUT2D eigenvalue weighted by Crippen LogP contribution is 2.15. The SMILES string of the molecule is CN(C)c1ccc(CCC2CNCCN2C)cc1. The van der Waals surface area contributed by atoms with E-state index in [0.717, 1.165) is 13.1 Å². The summed E-state index contributed by atoms with van der Waals surface area (Å²) < 4.78 is 0. The van der Waals surface area contributed by atoms with Gasteiger partial charge in [0.2, 0.25) is 0 Å². The van der Waals surface area contributed by atoms with Crippen molar-refractivity contribution in [3.05, 3.63) is 29.8 Å². The van der Waals surface area contributed by atoms with Crippen LogP contribution in [-0.2, 0) is 6.42 Å². The number of benzene rings is 1. The van der Waals surface area contributed by atoms with Gasteiger partial charge in [-0.3, -0.25) is 0 Å². The van der Waals surface area contributed by atoms with Crippen LogP contribution in [0.15, 0.2) is 24.3 Å². The molecule has 1 fully saturated rings. The molecule has 0 radical (unpaired) electrons. The van der Waals surface area contributed by atoms with E-state index in [-0.39, 0.29) is 0 Å². The topological polar surface area (TPSA) is 18.5 Å². The number of hydrogen-bond acceptors (Lipinski definition) is 3. The Labute approximate surface area is 111 Å². The second-order valence-electron chi connectivity index (χ2n) is 5.44. The normalized spacial score (nSPS) is 20.9. The maximum absolute atomic E-state index is 3.48. The van der Waals surface area contributed by atoms with Crippen molar-refractivity contribution in [2.24, 2.45) is 0 Å². The first-order valence-corrected chi connectivity index (χ1v) is 6.84. The van der Waals surface area contributed by atoms with Crippen LogP contribution in [0.4, 0.5) is 5.69 Å². The van der Waals surface area contributed by atoms with Gasteiger partial charge in [-0.05, 0) is 37.6 Å². The maximum Gasteiger partial charge on any atom is 0.0361 e. The summed E-state index contributed by atoms with van der Waals surface area (Å²) >= 11 is 0. The molecule has 1 atom stereocenters. The van der Waals surface area contributed by atoms with Gasteiger partial charge in [-0.2, -0.15) is 0 Å². The van der Waals surface area contributed by atoms with Crippen LogP contribution in [-0.4, -0.2) is 51.7 Å². The van der Waals surface area contributed by atoms with Gasteiger partial charge in [-0.25, -0.2) is 0 Å². The molecular formula is C15H25N3. The van der Waals surface area contributed by atoms with Crippen LogP contribution in [0, 0.1) is 0 Å². The standard InChI is InChI=1S/C15H25N3/c1-17(2)14-7-4-13(5-8-14)6-9-15-12-16-10-11-18(15)3/h4-5,7-8,15-16H,6,9-12H2,1-3H3. The molecule has 1 heterocycles. The Bertz CT molecular complexity index is 359. The molecule has 0 bridgehead atoms. The Morgan fingerprint density at radius 2 is 2.00 bits per heavy atom. The van der Waals surface area contributed by atoms with Crippen molar-refractivity contribution in [2.75, 3.05) is 45.7 Å². The number of anilines is 1. The van der Waals surface area contributed by atoms with E-state index in [1.54, 1.807) is 0 Å². The molecule has 1 unspecified atom stereocenters. The quantitative estimate of drug-likeness (QED) is 0.871. The minimum atomic E-state index is 0.687. The van der Waals surface area contributed by atoms with E-state index in [9.17, 15) is 0 Å². The number of piperazine rings is 1. The number of nitrogens with zero attached hydrogens (tertiary/aromatic N) is 2. The summed E-state index contributed by atoms with van der Waals surface area (Å²) in [5.41, 5.74) is 2.72. The number of likely N-dealkylation sites (N-methyl/N-ethyl adjacent to an activating group) is 1. The first-order valence-electron chi connectivity index (χ1n) is 6.84. The van der Waals surface area contributed by atoms with E-state index < -0.39 is 0 Å². The van der Waals surface area contributed by atoms with E-state index in [1.807, 2.05) is 0 Å². The fourth-order valence-corrected chi connectivity index (χ4v) is 2.48. The second kappa shape index (κ2) is 6.21. The van der Waals surface area contributed by atoms with Crippen LogP contribution in [0.25, 0.3) is 0 Å². The summed E-state index contributed by atoms with van der Waals surface area (Å²) in [5.74, 6) is 0. The molecule has 1 aliphatic rings. The highest BCUT2D eigenvalue weighted by molar-refractivity contribution is 5.45. The summed E-state index contributed by atoms with van der Waals surface area (Å²) in [7, 11) is 6.40. The smallest absolute Gasteiger partial charge is 0.0361 e. The van der Waals surface area contributed by atoms with Crippen molar-refractivity contribution in [2.45, 2.75) is 18.9 Å². The molecule has 0 aliphatic carbocycles. The summed E-state index contributed by atoms with van der Waals surface area (Å²) in [5, 5.41) is 3.48. The molecule has 1 aromatic rings. The van der Waals surface area contributed by atoms with Gasteiger partial charge >= 0.3 is 0 Å². The molecule has 0 amide bonds. The third kappa shape index (κ3) is 3.47. The highest BCUT2D eigenvalue weighted by atomic mass is 15.2. The van der Waals surface area contributed by atoms with Gasteiger partial charge in [0.05, 0.1) is 0 Å². The van der Waals surface area contributed by atoms with Gasteiger partial charge < -0.3 is 15.1 Å². The molecule has 1 aromatic carbocycles. The van der Waals surface area contributed by atoms with Crippen molar-refractivity contribution < 1.29 is 0 Å². The van der Waals surface area contributed by atoms with Crippen molar-refractivity contribution in [3.8, 4) is 0 Å². The minimum absolute atomic E-state index is 0.687. The van der Waals surface area contributed by atoms with Crippen molar-refractivity contribution in [1.29, 1.82) is 0 Å². The summed E-state index contributed by atoms with van der Waals surface area (Å²) in [6, 6.07) is 9.61. The molecule has 1 aliphatic heterocycles. The molecule has 0 aromatic heterocycles. The summed E-state index contributed by atoms with van der Waals surface area (Å²) in [4.78, 5) is 4.62. The molecule has 1 N–H and O–H groups in total. The van der Waals surface area contributed by atoms with Gasteiger partial charge in [0.1, 0.15) is 0 Å². The largest absolute Gasteiger partial charge is 0.378 e. The maximum atomic E-state index is 3.48. The molecule has 2 rings (SSSR count). The monoisotopic (exact) mass is 247 g/mol. The number of rotatable bonds is 4. The zero-order valence-electron chi connectivity index (χ0n) is 11.8. The molecule has 0 saturated carbocycles. The number of hydrogen-bond donors (Lipinski definition) is 1. The molecule has 0 spiro atoms. The zero-order chi connectivity index (χ0) is 13.0. The average molecular weight is 247 g/mol. The van der Waals surface area contributed by atoms with Crippen LogP contribution < -0.4 is 10.2 Å². The molecule has 1 saturated heterocycles. The molecule has 3 heteroatoms. The van der Waals surface area contributed by atoms with E-state index in [2.05, 4.69) is 60.5 Å². The Kier molecular flexibility index (Phi) is 4.61. The van der Waals surface area contributed by atoms with E-state index in [4.69, 9.17) is 0 Å². The first-order chi connectivity index (χ1) is 8.66. The lowest BCUT2D eigenvalue weighted by Gasteiger charge is -2.33. The average Bonchev–Trinajstić information content (AvgIpc) is 2.38. The number of nitrogens with one attached hydrogen (secondary N) is 1. The lowest BCUT2D eigenvalue weighted by Crippen LogP contribution is -2.49. The molecule has 3 nitrogen and oxygen atoms in total. The minimum Gasteiger partial charge on any atom is -0.378 e. The highest BCUT2D eigenvalue weighted by Gasteiger charge is 2.17. The summed E-state index contributed by atoms with van der Waals surface area (Å²) in [6.07, 6.45) is 2.41. The third-order valence-electron chi connectivity index (χ3n) is 3.86. The molecule has 18 heavy (non-hydrogen) atoms. The van der Waals surface area contributed by atoms with Crippen LogP contribution >= 0.6 is 0 Å². The van der Waals surface area contributed by atoms with Crippen LogP contribution in [0.2, 0.25) is 0 Å². The first kappa shape index (κ1) is 13.4. The fraction of sp³-hybridized carbons (Fsp3) is 0.600. The zero-order valence-corrected chi connectivity index (χ0v) is 11.8. The van der Waals surface area contributed by atoms with Crippen molar-refractivity contribution >= 4 is 5.69 Å². The predicted octanol–water partition coefficient (Wildman–Crippen LogP) is 1.59. The molecular weight excluding hydrogens is 222 g/mol. The lowest BCUT2D eigenvalue weighted by atomic mass is 10.0. The fourth-order valence-electron chi connectivity index (χ4n) is 2.48. The van der Waals surface area contributed by atoms with Gasteiger partial charge in [0.15, 0.2) is 0 Å². The Morgan fingerprint density at radius 1 is 1.28 bits per heavy atom. The molecule has 100 valence electrons. The Hall–Kier alpha value is -1.06. The van der Waals surface area contributed by atoms with Crippen LogP contribution in [0.3, 0.4) is 0 Å². The van der Waals surface area contributed by atoms with Crippen LogP contribution in [0.1, 0.15) is 12.0 Å². The van der Waals surface area contributed by atoms with E-state index >= 15 is 0 Å². The van der Waals surface area contributed by atoms with Crippen LogP contribution in [0.5, 0.6) is 0 Å². The lowest BCUT2D eigenvalue weighted by molar-refractivity contribution is 0.191. The van der Waals surface area contributed by atoms with Gasteiger partial charge in [0.25, 0.3) is 0 Å². The Balaban J connectivity index is 1.85. The van der Waals surface area contributed by atoms with Gasteiger partial charge in [-0.15, -0.1) is 0 Å². The van der Waals surface area contributed by atoms with E-state index in [0.29, 0.717) is 6.04 Å². The summed E-state index contributed by atoms with van der Waals surface area (Å²) in [6.45, 7) is 3.43.